The van der Waals surface area contributed by atoms with Crippen molar-refractivity contribution in [2.75, 3.05) is 19.8 Å². The Bertz CT molecular complexity index is 502. The molecule has 0 aliphatic heterocycles. The molecule has 1 amide bonds. The van der Waals surface area contributed by atoms with Crippen LogP contribution in [0.15, 0.2) is 12.1 Å². The Balaban J connectivity index is 2.82. The molecule has 0 spiro atoms. The molecule has 1 rings (SSSR count). The van der Waals surface area contributed by atoms with Crippen LogP contribution in [0, 0.1) is 10.7 Å². The summed E-state index contributed by atoms with van der Waals surface area (Å²) in [7, 11) is 0. The Morgan fingerprint density at radius 3 is 2.29 bits per heavy atom. The van der Waals surface area contributed by atoms with E-state index in [-0.39, 0.29) is 5.91 Å². The van der Waals surface area contributed by atoms with Crippen LogP contribution in [0.25, 0.3) is 0 Å². The molecule has 0 fully saturated rings. The molecule has 0 atom stereocenters. The van der Waals surface area contributed by atoms with Crippen LogP contribution >= 0.6 is 67.8 Å². The molecule has 21 heavy (non-hydrogen) atoms. The zero-order valence-electron chi connectivity index (χ0n) is 12.1. The lowest BCUT2D eigenvalue weighted by molar-refractivity contribution is -0.215. The average Bonchev–Trinajstić information content (AvgIpc) is 2.41. The first kappa shape index (κ1) is 19.8. The van der Waals surface area contributed by atoms with Crippen LogP contribution in [-0.2, 0) is 9.47 Å². The second-order valence-electron chi connectivity index (χ2n) is 4.43. The Hall–Kier alpha value is 0.800. The number of hydrogen-bond donors (Lipinski definition) is 1. The van der Waals surface area contributed by atoms with Crippen molar-refractivity contribution in [2.24, 2.45) is 0 Å². The van der Waals surface area contributed by atoms with Gasteiger partial charge in [-0.15, -0.1) is 0 Å². The van der Waals surface area contributed by atoms with E-state index in [1.54, 1.807) is 0 Å². The second kappa shape index (κ2) is 9.18. The van der Waals surface area contributed by atoms with E-state index in [1.807, 2.05) is 32.9 Å². The van der Waals surface area contributed by atoms with E-state index in [0.29, 0.717) is 25.3 Å². The maximum atomic E-state index is 12.4. The fourth-order valence-corrected chi connectivity index (χ4v) is 4.21. The van der Waals surface area contributed by atoms with Gasteiger partial charge in [0.1, 0.15) is 0 Å². The molecule has 0 aliphatic carbocycles. The quantitative estimate of drug-likeness (QED) is 0.282. The maximum absolute atomic E-state index is 12.4. The van der Waals surface area contributed by atoms with Gasteiger partial charge in [-0.05, 0) is 101 Å². The maximum Gasteiger partial charge on any atom is 0.252 e. The van der Waals surface area contributed by atoms with Gasteiger partial charge < -0.3 is 14.8 Å². The first-order valence-electron chi connectivity index (χ1n) is 6.53. The highest BCUT2D eigenvalue weighted by Crippen LogP contribution is 2.23. The molecule has 118 valence electrons. The van der Waals surface area contributed by atoms with Gasteiger partial charge >= 0.3 is 0 Å². The van der Waals surface area contributed by atoms with Crippen molar-refractivity contribution in [1.82, 2.24) is 5.32 Å². The monoisotopic (exact) mass is 629 g/mol. The molecule has 1 aromatic carbocycles. The number of rotatable bonds is 7. The first-order chi connectivity index (χ1) is 9.83. The highest BCUT2D eigenvalue weighted by molar-refractivity contribution is 14.1. The number of carbonyl (C=O) groups is 1. The summed E-state index contributed by atoms with van der Waals surface area (Å²) in [6, 6.07) is 3.93. The lowest BCUT2D eigenvalue weighted by atomic mass is 10.2. The number of amides is 1. The summed E-state index contributed by atoms with van der Waals surface area (Å²) in [6.45, 7) is 7.03. The van der Waals surface area contributed by atoms with E-state index in [0.717, 1.165) is 10.7 Å². The third kappa shape index (κ3) is 6.07. The molecule has 7 heteroatoms. The van der Waals surface area contributed by atoms with Crippen molar-refractivity contribution in [2.45, 2.75) is 26.6 Å². The summed E-state index contributed by atoms with van der Waals surface area (Å²) in [5.74, 6) is -0.902. The van der Waals surface area contributed by atoms with Gasteiger partial charge in [-0.3, -0.25) is 4.79 Å². The molecule has 0 saturated carbocycles. The van der Waals surface area contributed by atoms with Gasteiger partial charge in [0.15, 0.2) is 5.79 Å². The summed E-state index contributed by atoms with van der Waals surface area (Å²) in [4.78, 5) is 12.4. The van der Waals surface area contributed by atoms with Crippen LogP contribution in [0.4, 0.5) is 0 Å². The van der Waals surface area contributed by atoms with Gasteiger partial charge in [0.2, 0.25) is 0 Å². The molecule has 0 heterocycles. The number of nitrogens with one attached hydrogen (secondary N) is 1. The van der Waals surface area contributed by atoms with E-state index in [2.05, 4.69) is 73.1 Å². The zero-order valence-corrected chi connectivity index (χ0v) is 18.6. The summed E-state index contributed by atoms with van der Waals surface area (Å²) in [5.41, 5.74) is 0.683. The van der Waals surface area contributed by atoms with E-state index in [4.69, 9.17) is 9.47 Å². The lowest BCUT2D eigenvalue weighted by Gasteiger charge is -2.29. The smallest absolute Gasteiger partial charge is 0.252 e. The van der Waals surface area contributed by atoms with E-state index in [9.17, 15) is 4.79 Å². The lowest BCUT2D eigenvalue weighted by Crippen LogP contribution is -2.45. The summed E-state index contributed by atoms with van der Waals surface area (Å²) >= 11 is 6.65. The van der Waals surface area contributed by atoms with Gasteiger partial charge in [0.05, 0.1) is 12.1 Å². The topological polar surface area (TPSA) is 47.6 Å². The van der Waals surface area contributed by atoms with Crippen LogP contribution in [0.2, 0.25) is 0 Å². The van der Waals surface area contributed by atoms with Crippen molar-refractivity contribution < 1.29 is 14.3 Å². The molecular formula is C14H18I3NO3. The van der Waals surface area contributed by atoms with E-state index in [1.165, 1.54) is 0 Å². The average molecular weight is 629 g/mol. The third-order valence-electron chi connectivity index (χ3n) is 2.71. The highest BCUT2D eigenvalue weighted by atomic mass is 127. The number of benzene rings is 1. The van der Waals surface area contributed by atoms with Crippen LogP contribution in [-0.4, -0.2) is 31.5 Å². The van der Waals surface area contributed by atoms with Crippen molar-refractivity contribution in [3.05, 3.63) is 28.4 Å². The molecule has 0 radical (unpaired) electrons. The van der Waals surface area contributed by atoms with Crippen LogP contribution in [0.5, 0.6) is 0 Å². The van der Waals surface area contributed by atoms with Crippen LogP contribution < -0.4 is 5.32 Å². The predicted octanol–water partition coefficient (Wildman–Crippen LogP) is 4.02. The highest BCUT2D eigenvalue weighted by Gasteiger charge is 2.26. The molecule has 4 nitrogen and oxygen atoms in total. The van der Waals surface area contributed by atoms with Gasteiger partial charge in [-0.2, -0.15) is 0 Å². The Kier molecular flexibility index (Phi) is 8.68. The normalized spacial score (nSPS) is 11.5. The van der Waals surface area contributed by atoms with Gasteiger partial charge in [0.25, 0.3) is 5.91 Å². The molecule has 0 unspecified atom stereocenters. The molecule has 1 aromatic rings. The van der Waals surface area contributed by atoms with Gasteiger partial charge in [-0.1, -0.05) is 0 Å². The first-order valence-corrected chi connectivity index (χ1v) is 9.77. The minimum atomic E-state index is -0.792. The molecule has 0 aromatic heterocycles. The van der Waals surface area contributed by atoms with E-state index >= 15 is 0 Å². The van der Waals surface area contributed by atoms with Crippen molar-refractivity contribution in [3.63, 3.8) is 0 Å². The summed E-state index contributed by atoms with van der Waals surface area (Å²) < 4.78 is 14.3. The molecular weight excluding hydrogens is 611 g/mol. The van der Waals surface area contributed by atoms with Crippen LogP contribution in [0.3, 0.4) is 0 Å². The fourth-order valence-electron chi connectivity index (χ4n) is 1.81. The Morgan fingerprint density at radius 2 is 1.76 bits per heavy atom. The SMILES string of the molecule is CCOC(C)(CNC(=O)c1cc(I)cc(I)c1I)OCC. The van der Waals surface area contributed by atoms with Crippen molar-refractivity contribution in [1.29, 1.82) is 0 Å². The number of halogens is 3. The fraction of sp³-hybridized carbons (Fsp3) is 0.500. The second-order valence-corrected chi connectivity index (χ2v) is 7.92. The van der Waals surface area contributed by atoms with Crippen molar-refractivity contribution in [3.8, 4) is 0 Å². The van der Waals surface area contributed by atoms with Crippen LogP contribution in [0.1, 0.15) is 31.1 Å². The Morgan fingerprint density at radius 1 is 1.19 bits per heavy atom. The zero-order chi connectivity index (χ0) is 16.0. The summed E-state index contributed by atoms with van der Waals surface area (Å²) in [5, 5.41) is 2.90. The molecule has 0 saturated heterocycles. The number of ether oxygens (including phenoxy) is 2. The van der Waals surface area contributed by atoms with Crippen molar-refractivity contribution >= 4 is 73.7 Å². The Labute approximate surface area is 166 Å². The molecule has 1 N–H and O–H groups in total. The standard InChI is InChI=1S/C14H18I3NO3/c1-4-20-14(3,21-5-2)8-18-13(19)10-6-9(15)7-11(16)12(10)17/h6-7H,4-5,8H2,1-3H3,(H,18,19). The molecule has 0 bridgehead atoms. The third-order valence-corrected chi connectivity index (χ3v) is 6.37. The minimum absolute atomic E-state index is 0.110. The van der Waals surface area contributed by atoms with E-state index < -0.39 is 5.79 Å². The largest absolute Gasteiger partial charge is 0.349 e. The van der Waals surface area contributed by atoms with Gasteiger partial charge in [-0.25, -0.2) is 0 Å². The predicted molar refractivity (Wildman–Crippen MR) is 109 cm³/mol. The number of hydrogen-bond acceptors (Lipinski definition) is 3. The van der Waals surface area contributed by atoms with Gasteiger partial charge in [0, 0.05) is 23.9 Å². The summed E-state index contributed by atoms with van der Waals surface area (Å²) in [6.07, 6.45) is 0. The number of carbonyl (C=O) groups excluding carboxylic acids is 1. The minimum Gasteiger partial charge on any atom is -0.349 e. The molecule has 0 aliphatic rings.